The van der Waals surface area contributed by atoms with Gasteiger partial charge in [0.1, 0.15) is 91.4 Å². The number of unbranched alkanes of at least 4 members (excludes halogenated alkanes) is 1. The Hall–Kier alpha value is -13.2. The van der Waals surface area contributed by atoms with Crippen LogP contribution in [0.5, 0.6) is 0 Å². The first-order chi connectivity index (χ1) is 52.9. The first kappa shape index (κ1) is 66.3. The SMILES string of the molecule is O=C1N2CN3C(=O)N4CN5C(=O)N6CN7C(=O)N8CN9C(=O)N%10CN%11C(=O)N%12CN1C1C2N2CN%13C(=O)N(CN%14C(=O)N(CN%15C(=O)N(CN%16C(=O)N(CN%17C(=O)N(CN1C2=O)C%12C%11%17)C%10C9%16)C8C7%15)C6C5%14)C4C3%13.O=[N+]([O-])c1ccc(NCCCNCCCCNCCCNc2ccc([N+](=O)[O-])cc2[N+](=O)[O-])c([N+](=O)[O-])c1. The zero-order valence-corrected chi connectivity index (χ0v) is 57.6. The Morgan fingerprint density at radius 3 is 0.564 bits per heavy atom. The second-order valence-electron chi connectivity index (χ2n) is 29.5. The van der Waals surface area contributed by atoms with E-state index in [9.17, 15) is 40.5 Å². The van der Waals surface area contributed by atoms with E-state index in [0.717, 1.165) is 38.1 Å². The maximum Gasteiger partial charge on any atom is 0.326 e. The second-order valence-corrected chi connectivity index (χ2v) is 29.5. The number of benzene rings is 2. The molecule has 0 radical (unpaired) electrons. The third kappa shape index (κ3) is 8.69. The molecule has 0 saturated carbocycles. The van der Waals surface area contributed by atoms with E-state index in [1.807, 2.05) is 0 Å². The molecule has 0 unspecified atom stereocenters. The Balaban J connectivity index is 0.000000179. The van der Waals surface area contributed by atoms with Crippen LogP contribution in [0.1, 0.15) is 25.7 Å². The highest BCUT2D eigenvalue weighted by molar-refractivity contribution is 5.95. The number of hydrogen-bond donors (Lipinski definition) is 4. The fourth-order valence-corrected chi connectivity index (χ4v) is 19.5. The molecule has 52 nitrogen and oxygen atoms in total. The van der Waals surface area contributed by atoms with Crippen LogP contribution in [0.4, 0.5) is 91.7 Å². The molecule has 2 aromatic carbocycles. The number of hydrogen-bond acceptors (Lipinski definition) is 24. The van der Waals surface area contributed by atoms with Crippen molar-refractivity contribution in [1.29, 1.82) is 0 Å². The van der Waals surface area contributed by atoms with Gasteiger partial charge in [0.2, 0.25) is 0 Å². The normalized spacial score (nSPS) is 30.1. The van der Waals surface area contributed by atoms with Crippen LogP contribution >= 0.6 is 0 Å². The molecule has 20 rings (SSSR count). The topological polar surface area (TPSA) is 503 Å². The summed E-state index contributed by atoms with van der Waals surface area (Å²) in [5, 5.41) is 56.3. The summed E-state index contributed by atoms with van der Waals surface area (Å²) in [5.41, 5.74) is -0.834. The van der Waals surface area contributed by atoms with Crippen LogP contribution in [0.15, 0.2) is 36.4 Å². The number of nitrogens with one attached hydrogen (secondary N) is 4. The van der Waals surface area contributed by atoms with E-state index < -0.39 is 246 Å². The number of nitro groups is 4. The summed E-state index contributed by atoms with van der Waals surface area (Å²) >= 11 is 0. The predicted octanol–water partition coefficient (Wildman–Crippen LogP) is -2.08. The lowest BCUT2D eigenvalue weighted by Gasteiger charge is -2.42. The highest BCUT2D eigenvalue weighted by atomic mass is 16.6. The van der Waals surface area contributed by atoms with Gasteiger partial charge in [0.05, 0.1) is 31.8 Å². The minimum atomic E-state index is -1.16. The maximum absolute atomic E-state index is 15.1. The highest BCUT2D eigenvalue weighted by Crippen LogP contribution is 2.52. The van der Waals surface area contributed by atoms with Crippen LogP contribution in [-0.4, -0.2) is 403 Å². The van der Waals surface area contributed by atoms with Crippen molar-refractivity contribution >= 4 is 106 Å². The van der Waals surface area contributed by atoms with Gasteiger partial charge in [-0.2, -0.15) is 0 Å². The summed E-state index contributed by atoms with van der Waals surface area (Å²) in [6.07, 6.45) is -10.6. The Morgan fingerprint density at radius 1 is 0.245 bits per heavy atom. The van der Waals surface area contributed by atoms with E-state index in [0.29, 0.717) is 39.0 Å². The molecule has 18 aliphatic heterocycles. The summed E-state index contributed by atoms with van der Waals surface area (Å²) in [6, 6.07) is -0.885. The molecule has 0 spiro atoms. The molecule has 52 heteroatoms. The van der Waals surface area contributed by atoms with Crippen LogP contribution in [0.25, 0.3) is 0 Å². The van der Waals surface area contributed by atoms with Gasteiger partial charge in [0.15, 0.2) is 74.0 Å². The molecule has 4 N–H and O–H groups in total. The van der Waals surface area contributed by atoms with Crippen molar-refractivity contribution in [1.82, 2.24) is 128 Å². The van der Waals surface area contributed by atoms with E-state index in [1.165, 1.54) is 142 Å². The Bertz CT molecular complexity index is 3680. The van der Waals surface area contributed by atoms with E-state index in [-0.39, 0.29) is 34.1 Å². The minimum Gasteiger partial charge on any atom is -0.379 e. The van der Waals surface area contributed by atoms with Crippen molar-refractivity contribution in [2.75, 3.05) is 130 Å². The van der Waals surface area contributed by atoms with E-state index in [2.05, 4.69) is 21.3 Å². The van der Waals surface area contributed by atoms with Gasteiger partial charge in [-0.1, -0.05) is 0 Å². The van der Waals surface area contributed by atoms with E-state index in [1.54, 1.807) is 0 Å². The number of nitrogens with zero attached hydrogens (tertiary/aromatic N) is 28. The molecule has 18 fully saturated rings. The molecule has 18 heterocycles. The lowest BCUT2D eigenvalue weighted by molar-refractivity contribution is -0.393. The minimum absolute atomic E-state index is 0.243. The molecule has 0 aromatic heterocycles. The van der Waals surface area contributed by atoms with Gasteiger partial charge in [-0.15, -0.1) is 0 Å². The highest BCUT2D eigenvalue weighted by Gasteiger charge is 2.76. The molecule has 18 aliphatic rings. The zero-order valence-electron chi connectivity index (χ0n) is 57.6. The standard InChI is InChI=1S/C36H36N24O12.C22H30N8O8/c61-25-37-1-38-14-16-42(26(38)62)4-46-18-20-50(30(46)66)8-54-22-24-58(34(54)70)11-57-23-21-53(33(57)69)7-49-19-17-45(29(49)65)3-41(25)15-13(37)39-2-40(14)28(64)44(16)6-48(18)32(68)52(20)10-56(22)36(72)60(24)12-59(23)35(71)55(21)9-51(19)31(67)47(17)5-43(15)27(39)63;31-27(32)17-5-7-19(21(15-17)29(35)36)25-13-3-11-23-9-1-2-10-24-12-4-14-26-20-8-6-18(28(33)34)16-22(20)30(37)38/h13-24H,1-12H2;5-8,15-16,23-26H,1-4,9-14H2. The Morgan fingerprint density at radius 2 is 0.409 bits per heavy atom. The van der Waals surface area contributed by atoms with Gasteiger partial charge in [0.25, 0.3) is 22.7 Å². The molecule has 0 aliphatic carbocycles. The van der Waals surface area contributed by atoms with Crippen molar-refractivity contribution in [3.8, 4) is 0 Å². The first-order valence-corrected chi connectivity index (χ1v) is 35.6. The van der Waals surface area contributed by atoms with E-state index in [4.69, 9.17) is 0 Å². The number of rotatable bonds is 19. The number of anilines is 2. The quantitative estimate of drug-likeness (QED) is 0.0666. The number of non-ortho nitro benzene ring substituents is 2. The molecule has 110 heavy (non-hydrogen) atoms. The number of urea groups is 12. The molecular formula is C58H66N32O20. The summed E-state index contributed by atoms with van der Waals surface area (Å²) in [4.78, 5) is 255. The lowest BCUT2D eigenvalue weighted by atomic mass is 10.2. The van der Waals surface area contributed by atoms with Gasteiger partial charge >= 0.3 is 72.4 Å². The molecule has 0 bridgehead atoms. The van der Waals surface area contributed by atoms with Crippen molar-refractivity contribution in [2.45, 2.75) is 99.7 Å². The van der Waals surface area contributed by atoms with E-state index >= 15 is 57.5 Å². The van der Waals surface area contributed by atoms with Gasteiger partial charge in [0, 0.05) is 25.2 Å². The molecule has 0 atom stereocenters. The summed E-state index contributed by atoms with van der Waals surface area (Å²) in [5.74, 6) is 0. The summed E-state index contributed by atoms with van der Waals surface area (Å²) in [7, 11) is 0. The summed E-state index contributed by atoms with van der Waals surface area (Å²) < 4.78 is 0. The van der Waals surface area contributed by atoms with Crippen LogP contribution in [0.3, 0.4) is 0 Å². The zero-order chi connectivity index (χ0) is 76.1. The van der Waals surface area contributed by atoms with Gasteiger partial charge in [-0.05, 0) is 64.0 Å². The predicted molar refractivity (Wildman–Crippen MR) is 353 cm³/mol. The smallest absolute Gasteiger partial charge is 0.326 e. The number of amides is 24. The Kier molecular flexibility index (Phi) is 13.9. The van der Waals surface area contributed by atoms with Crippen LogP contribution in [0.2, 0.25) is 0 Å². The Labute approximate surface area is 616 Å². The number of carbonyl (C=O) groups is 12. The monoisotopic (exact) mass is 1530 g/mol. The fraction of sp³-hybridized carbons (Fsp3) is 0.586. The average Bonchev–Trinajstić information content (AvgIpc) is 1.52. The molecule has 24 amide bonds. The van der Waals surface area contributed by atoms with Gasteiger partial charge in [-0.3, -0.25) is 158 Å². The van der Waals surface area contributed by atoms with Crippen LogP contribution in [0, 0.1) is 40.5 Å². The van der Waals surface area contributed by atoms with Crippen molar-refractivity contribution in [3.05, 3.63) is 76.9 Å². The lowest BCUT2D eigenvalue weighted by Crippen LogP contribution is -2.63. The van der Waals surface area contributed by atoms with Crippen molar-refractivity contribution < 1.29 is 77.2 Å². The van der Waals surface area contributed by atoms with Crippen LogP contribution in [-0.2, 0) is 0 Å². The summed E-state index contributed by atoms with van der Waals surface area (Å²) in [6.45, 7) is -1.49. The number of nitro benzene ring substituents is 4. The third-order valence-electron chi connectivity index (χ3n) is 24.2. The molecular weight excluding hydrogens is 1460 g/mol. The third-order valence-corrected chi connectivity index (χ3v) is 24.2. The fourth-order valence-electron chi connectivity index (χ4n) is 19.5. The van der Waals surface area contributed by atoms with Crippen LogP contribution < -0.4 is 21.3 Å². The number of carbonyl (C=O) groups excluding carboxylic acids is 12. The van der Waals surface area contributed by atoms with Crippen molar-refractivity contribution in [2.24, 2.45) is 0 Å². The van der Waals surface area contributed by atoms with Crippen molar-refractivity contribution in [3.63, 3.8) is 0 Å². The second kappa shape index (κ2) is 23.2. The largest absolute Gasteiger partial charge is 0.379 e. The first-order valence-electron chi connectivity index (χ1n) is 35.6. The van der Waals surface area contributed by atoms with Gasteiger partial charge in [-0.25, -0.2) is 57.5 Å². The molecule has 578 valence electrons. The maximum atomic E-state index is 15.1. The average molecular weight is 1530 g/mol. The molecule has 2 aromatic rings. The molecule has 18 saturated heterocycles. The van der Waals surface area contributed by atoms with Gasteiger partial charge < -0.3 is 21.3 Å².